The average Bonchev–Trinajstić information content (AvgIpc) is 2.51. The number of imidazole rings is 1. The molecule has 0 atom stereocenters. The van der Waals surface area contributed by atoms with Crippen LogP contribution in [0.2, 0.25) is 0 Å². The second-order valence-corrected chi connectivity index (χ2v) is 2.98. The van der Waals surface area contributed by atoms with Crippen LogP contribution in [0, 0.1) is 11.3 Å². The monoisotopic (exact) mass is 167 g/mol. The van der Waals surface area contributed by atoms with Gasteiger partial charge in [-0.15, -0.1) is 0 Å². The maximum atomic E-state index is 7.44. The lowest BCUT2D eigenvalue weighted by molar-refractivity contribution is 0.245. The van der Waals surface area contributed by atoms with Crippen molar-refractivity contribution in [3.8, 4) is 0 Å². The summed E-state index contributed by atoms with van der Waals surface area (Å²) in [5, 5.41) is 7.44. The summed E-state index contributed by atoms with van der Waals surface area (Å²) in [6, 6.07) is 0.126. The first-order chi connectivity index (χ1) is 5.70. The van der Waals surface area contributed by atoms with E-state index >= 15 is 0 Å². The lowest BCUT2D eigenvalue weighted by Crippen LogP contribution is -2.15. The summed E-state index contributed by atoms with van der Waals surface area (Å²) in [5.74, 6) is 0.439. The van der Waals surface area contributed by atoms with Gasteiger partial charge in [-0.1, -0.05) is 13.8 Å². The van der Waals surface area contributed by atoms with E-state index < -0.39 is 0 Å². The predicted octanol–water partition coefficient (Wildman–Crippen LogP) is 1.34. The SMILES string of the molecule is CC(C)COC(=N)n1ccnc1. The summed E-state index contributed by atoms with van der Waals surface area (Å²) in [6.07, 6.45) is 4.85. The predicted molar refractivity (Wildman–Crippen MR) is 46.1 cm³/mol. The molecular weight excluding hydrogens is 154 g/mol. The summed E-state index contributed by atoms with van der Waals surface area (Å²) in [6.45, 7) is 4.65. The molecule has 0 aliphatic heterocycles. The van der Waals surface area contributed by atoms with Gasteiger partial charge in [0.2, 0.25) is 0 Å². The summed E-state index contributed by atoms with van der Waals surface area (Å²) in [5.41, 5.74) is 0. The molecular formula is C8H13N3O. The molecule has 0 radical (unpaired) electrons. The van der Waals surface area contributed by atoms with E-state index in [1.807, 2.05) is 13.8 Å². The molecule has 1 N–H and O–H groups in total. The molecule has 12 heavy (non-hydrogen) atoms. The molecule has 0 unspecified atom stereocenters. The second-order valence-electron chi connectivity index (χ2n) is 2.98. The van der Waals surface area contributed by atoms with E-state index in [1.54, 1.807) is 18.7 Å². The van der Waals surface area contributed by atoms with Gasteiger partial charge in [-0.25, -0.2) is 4.98 Å². The topological polar surface area (TPSA) is 50.9 Å². The van der Waals surface area contributed by atoms with E-state index in [4.69, 9.17) is 10.1 Å². The molecule has 0 aromatic carbocycles. The summed E-state index contributed by atoms with van der Waals surface area (Å²) in [7, 11) is 0. The third kappa shape index (κ3) is 2.38. The smallest absolute Gasteiger partial charge is 0.294 e. The van der Waals surface area contributed by atoms with Gasteiger partial charge in [-0.3, -0.25) is 9.98 Å². The van der Waals surface area contributed by atoms with Crippen molar-refractivity contribution in [3.05, 3.63) is 18.7 Å². The minimum absolute atomic E-state index is 0.126. The highest BCUT2D eigenvalue weighted by Gasteiger charge is 2.00. The van der Waals surface area contributed by atoms with Crippen LogP contribution in [0.25, 0.3) is 0 Å². The summed E-state index contributed by atoms with van der Waals surface area (Å²) in [4.78, 5) is 3.81. The maximum absolute atomic E-state index is 7.44. The van der Waals surface area contributed by atoms with Crippen LogP contribution in [0.4, 0.5) is 0 Å². The Morgan fingerprint density at radius 1 is 1.67 bits per heavy atom. The molecule has 1 rings (SSSR count). The molecule has 0 spiro atoms. The van der Waals surface area contributed by atoms with Crippen LogP contribution in [-0.4, -0.2) is 22.2 Å². The highest BCUT2D eigenvalue weighted by molar-refractivity contribution is 5.72. The molecule has 0 saturated heterocycles. The van der Waals surface area contributed by atoms with Gasteiger partial charge in [0.15, 0.2) is 0 Å². The Morgan fingerprint density at radius 3 is 2.92 bits per heavy atom. The fourth-order valence-electron chi connectivity index (χ4n) is 0.699. The second kappa shape index (κ2) is 3.90. The van der Waals surface area contributed by atoms with E-state index in [0.717, 1.165) is 0 Å². The van der Waals surface area contributed by atoms with Crippen LogP contribution in [-0.2, 0) is 4.74 Å². The quantitative estimate of drug-likeness (QED) is 0.533. The molecule has 1 heterocycles. The van der Waals surface area contributed by atoms with Crippen LogP contribution in [0.15, 0.2) is 18.7 Å². The molecule has 4 nitrogen and oxygen atoms in total. The lowest BCUT2D eigenvalue weighted by Gasteiger charge is -2.08. The van der Waals surface area contributed by atoms with Gasteiger partial charge in [0.25, 0.3) is 6.02 Å². The number of nitrogens with zero attached hydrogens (tertiary/aromatic N) is 2. The molecule has 4 heteroatoms. The van der Waals surface area contributed by atoms with Gasteiger partial charge in [-0.05, 0) is 5.92 Å². The summed E-state index contributed by atoms with van der Waals surface area (Å²) < 4.78 is 6.68. The number of aromatic nitrogens is 2. The number of rotatable bonds is 2. The minimum atomic E-state index is 0.126. The van der Waals surface area contributed by atoms with E-state index in [2.05, 4.69) is 4.98 Å². The third-order valence-electron chi connectivity index (χ3n) is 1.29. The van der Waals surface area contributed by atoms with Crippen molar-refractivity contribution in [2.75, 3.05) is 6.61 Å². The molecule has 1 aromatic heterocycles. The van der Waals surface area contributed by atoms with Crippen molar-refractivity contribution in [3.63, 3.8) is 0 Å². The molecule has 1 aromatic rings. The number of ether oxygens (including phenoxy) is 1. The first-order valence-electron chi connectivity index (χ1n) is 3.90. The molecule has 0 fully saturated rings. The minimum Gasteiger partial charge on any atom is -0.465 e. The van der Waals surface area contributed by atoms with Gasteiger partial charge in [-0.2, -0.15) is 0 Å². The van der Waals surface area contributed by atoms with Crippen LogP contribution >= 0.6 is 0 Å². The Labute approximate surface area is 71.7 Å². The third-order valence-corrected chi connectivity index (χ3v) is 1.29. The molecule has 0 saturated carbocycles. The van der Waals surface area contributed by atoms with Gasteiger partial charge in [0.05, 0.1) is 6.61 Å². The highest BCUT2D eigenvalue weighted by Crippen LogP contribution is 1.94. The fraction of sp³-hybridized carbons (Fsp3) is 0.500. The molecule has 66 valence electrons. The van der Waals surface area contributed by atoms with Gasteiger partial charge >= 0.3 is 0 Å². The van der Waals surface area contributed by atoms with E-state index in [1.165, 1.54) is 4.57 Å². The Balaban J connectivity index is 2.40. The molecule has 0 amide bonds. The van der Waals surface area contributed by atoms with Crippen LogP contribution < -0.4 is 0 Å². The molecule has 0 aliphatic rings. The van der Waals surface area contributed by atoms with E-state index in [0.29, 0.717) is 12.5 Å². The van der Waals surface area contributed by atoms with Crippen molar-refractivity contribution in [1.29, 1.82) is 5.41 Å². The normalized spacial score (nSPS) is 10.2. The zero-order chi connectivity index (χ0) is 8.97. The van der Waals surface area contributed by atoms with Gasteiger partial charge in [0.1, 0.15) is 6.33 Å². The van der Waals surface area contributed by atoms with Crippen molar-refractivity contribution in [2.45, 2.75) is 13.8 Å². The number of hydrogen-bond donors (Lipinski definition) is 1. The molecule has 0 aliphatic carbocycles. The first kappa shape index (κ1) is 8.77. The molecule has 0 bridgehead atoms. The lowest BCUT2D eigenvalue weighted by atomic mass is 10.2. The van der Waals surface area contributed by atoms with E-state index in [-0.39, 0.29) is 6.02 Å². The van der Waals surface area contributed by atoms with Crippen molar-refractivity contribution in [1.82, 2.24) is 9.55 Å². The van der Waals surface area contributed by atoms with Crippen molar-refractivity contribution < 1.29 is 4.74 Å². The fourth-order valence-corrected chi connectivity index (χ4v) is 0.699. The maximum Gasteiger partial charge on any atom is 0.294 e. The van der Waals surface area contributed by atoms with Crippen molar-refractivity contribution >= 4 is 6.02 Å². The van der Waals surface area contributed by atoms with Crippen LogP contribution in [0.1, 0.15) is 13.8 Å². The van der Waals surface area contributed by atoms with Crippen molar-refractivity contribution in [2.24, 2.45) is 5.92 Å². The highest BCUT2D eigenvalue weighted by atomic mass is 16.5. The summed E-state index contributed by atoms with van der Waals surface area (Å²) >= 11 is 0. The van der Waals surface area contributed by atoms with Gasteiger partial charge < -0.3 is 4.74 Å². The standard InChI is InChI=1S/C8H13N3O/c1-7(2)5-12-8(9)11-4-3-10-6-11/h3-4,6-7,9H,5H2,1-2H3. The van der Waals surface area contributed by atoms with Crippen LogP contribution in [0.3, 0.4) is 0 Å². The Bertz CT molecular complexity index is 241. The number of hydrogen-bond acceptors (Lipinski definition) is 3. The Kier molecular flexibility index (Phi) is 2.85. The average molecular weight is 167 g/mol. The largest absolute Gasteiger partial charge is 0.465 e. The Morgan fingerprint density at radius 2 is 2.42 bits per heavy atom. The number of nitrogens with one attached hydrogen (secondary N) is 1. The van der Waals surface area contributed by atoms with E-state index in [9.17, 15) is 0 Å². The van der Waals surface area contributed by atoms with Crippen LogP contribution in [0.5, 0.6) is 0 Å². The first-order valence-corrected chi connectivity index (χ1v) is 3.90. The Hall–Kier alpha value is -1.32. The zero-order valence-electron chi connectivity index (χ0n) is 7.32. The van der Waals surface area contributed by atoms with Gasteiger partial charge in [0, 0.05) is 12.4 Å². The zero-order valence-corrected chi connectivity index (χ0v) is 7.32.